The van der Waals surface area contributed by atoms with Crippen LogP contribution in [0.5, 0.6) is 0 Å². The van der Waals surface area contributed by atoms with E-state index in [1.165, 1.54) is 17.0 Å². The maximum atomic E-state index is 13.0. The maximum Gasteiger partial charge on any atom is 0.229 e. The first-order valence-corrected chi connectivity index (χ1v) is 8.93. The summed E-state index contributed by atoms with van der Waals surface area (Å²) in [4.78, 5) is 40.1. The number of amides is 3. The lowest BCUT2D eigenvalue weighted by atomic mass is 9.95. The molecule has 0 aliphatic carbocycles. The van der Waals surface area contributed by atoms with Crippen molar-refractivity contribution >= 4 is 17.7 Å². The Kier molecular flexibility index (Phi) is 4.06. The van der Waals surface area contributed by atoms with Crippen molar-refractivity contribution < 1.29 is 18.8 Å². The molecule has 3 amide bonds. The summed E-state index contributed by atoms with van der Waals surface area (Å²) < 4.78 is 13.0. The second-order valence-electron chi connectivity index (χ2n) is 7.27. The summed E-state index contributed by atoms with van der Waals surface area (Å²) in [6.07, 6.45) is 4.11. The van der Waals surface area contributed by atoms with E-state index in [0.29, 0.717) is 25.7 Å². The van der Waals surface area contributed by atoms with E-state index in [1.807, 2.05) is 4.90 Å². The Balaban J connectivity index is 1.45. The van der Waals surface area contributed by atoms with Crippen LogP contribution in [0.4, 0.5) is 4.39 Å². The van der Waals surface area contributed by atoms with Gasteiger partial charge in [-0.05, 0) is 43.4 Å². The third-order valence-electron chi connectivity index (χ3n) is 5.72. The van der Waals surface area contributed by atoms with Gasteiger partial charge in [-0.1, -0.05) is 12.1 Å². The lowest BCUT2D eigenvalue weighted by Crippen LogP contribution is -2.54. The molecule has 2 bridgehead atoms. The summed E-state index contributed by atoms with van der Waals surface area (Å²) in [5, 5.41) is 0. The van der Waals surface area contributed by atoms with Crippen LogP contribution < -0.4 is 0 Å². The highest BCUT2D eigenvalue weighted by Crippen LogP contribution is 2.39. The topological polar surface area (TPSA) is 57.7 Å². The second kappa shape index (κ2) is 6.24. The first-order valence-electron chi connectivity index (χ1n) is 8.93. The zero-order valence-corrected chi connectivity index (χ0v) is 14.0. The number of imide groups is 1. The van der Waals surface area contributed by atoms with Crippen molar-refractivity contribution in [3.05, 3.63) is 35.6 Å². The van der Waals surface area contributed by atoms with Crippen molar-refractivity contribution in [3.8, 4) is 0 Å². The van der Waals surface area contributed by atoms with Gasteiger partial charge in [-0.15, -0.1) is 0 Å². The molecule has 3 aliphatic rings. The van der Waals surface area contributed by atoms with Gasteiger partial charge in [-0.3, -0.25) is 19.3 Å². The molecule has 6 heteroatoms. The number of rotatable bonds is 3. The van der Waals surface area contributed by atoms with Crippen LogP contribution in [0.25, 0.3) is 0 Å². The number of carbonyl (C=O) groups is 3. The van der Waals surface area contributed by atoms with Crippen LogP contribution in [0.1, 0.15) is 44.1 Å². The summed E-state index contributed by atoms with van der Waals surface area (Å²) in [7, 11) is 0. The fourth-order valence-corrected chi connectivity index (χ4v) is 4.64. The minimum Gasteiger partial charge on any atom is -0.336 e. The van der Waals surface area contributed by atoms with E-state index in [-0.39, 0.29) is 48.1 Å². The van der Waals surface area contributed by atoms with Gasteiger partial charge in [0, 0.05) is 31.0 Å². The van der Waals surface area contributed by atoms with Crippen molar-refractivity contribution in [1.82, 2.24) is 9.80 Å². The molecule has 3 aliphatic heterocycles. The molecule has 2 unspecified atom stereocenters. The second-order valence-corrected chi connectivity index (χ2v) is 7.27. The highest BCUT2D eigenvalue weighted by molar-refractivity contribution is 6.02. The Labute approximate surface area is 145 Å². The number of carbonyl (C=O) groups excluding carboxylic acids is 3. The van der Waals surface area contributed by atoms with Crippen LogP contribution in [0.15, 0.2) is 24.3 Å². The van der Waals surface area contributed by atoms with Gasteiger partial charge in [-0.25, -0.2) is 4.39 Å². The molecule has 3 heterocycles. The standard InChI is InChI=1S/C19H21FN2O3/c20-13-3-1-12(2-4-13)9-19(25)21-14-5-6-15(21)11-16(10-14)22-17(23)7-8-18(22)24/h1-4,14-16H,5-11H2. The van der Waals surface area contributed by atoms with Crippen molar-refractivity contribution in [2.24, 2.45) is 0 Å². The molecule has 1 aromatic carbocycles. The van der Waals surface area contributed by atoms with Gasteiger partial charge in [0.05, 0.1) is 6.42 Å². The molecule has 3 fully saturated rings. The lowest BCUT2D eigenvalue weighted by molar-refractivity contribution is -0.144. The Morgan fingerprint density at radius 1 is 0.960 bits per heavy atom. The van der Waals surface area contributed by atoms with E-state index < -0.39 is 0 Å². The van der Waals surface area contributed by atoms with Crippen LogP contribution in [0.3, 0.4) is 0 Å². The fourth-order valence-electron chi connectivity index (χ4n) is 4.64. The number of hydrogen-bond acceptors (Lipinski definition) is 3. The normalized spacial score (nSPS) is 28.8. The minimum absolute atomic E-state index is 0.0524. The summed E-state index contributed by atoms with van der Waals surface area (Å²) in [5.41, 5.74) is 0.804. The van der Waals surface area contributed by atoms with Crippen LogP contribution in [0, 0.1) is 5.82 Å². The number of halogens is 1. The molecule has 5 nitrogen and oxygen atoms in total. The minimum atomic E-state index is -0.308. The summed E-state index contributed by atoms with van der Waals surface area (Å²) >= 11 is 0. The molecule has 0 saturated carbocycles. The molecule has 0 aromatic heterocycles. The molecule has 25 heavy (non-hydrogen) atoms. The summed E-state index contributed by atoms with van der Waals surface area (Å²) in [5.74, 6) is -0.394. The molecular weight excluding hydrogens is 323 g/mol. The average Bonchev–Trinajstić information content (AvgIpc) is 3.06. The van der Waals surface area contributed by atoms with Crippen molar-refractivity contribution in [2.45, 2.75) is 63.1 Å². The first kappa shape index (κ1) is 16.2. The van der Waals surface area contributed by atoms with Gasteiger partial charge in [0.1, 0.15) is 5.82 Å². The molecule has 132 valence electrons. The Hall–Kier alpha value is -2.24. The molecule has 0 radical (unpaired) electrons. The maximum absolute atomic E-state index is 13.0. The molecule has 0 N–H and O–H groups in total. The van der Waals surface area contributed by atoms with E-state index in [1.54, 1.807) is 12.1 Å². The van der Waals surface area contributed by atoms with Gasteiger partial charge in [0.2, 0.25) is 17.7 Å². The number of piperidine rings is 1. The van der Waals surface area contributed by atoms with Crippen molar-refractivity contribution in [3.63, 3.8) is 0 Å². The van der Waals surface area contributed by atoms with Crippen LogP contribution in [-0.4, -0.2) is 45.6 Å². The number of nitrogens with zero attached hydrogens (tertiary/aromatic N) is 2. The molecular formula is C19H21FN2O3. The van der Waals surface area contributed by atoms with Crippen molar-refractivity contribution in [1.29, 1.82) is 0 Å². The van der Waals surface area contributed by atoms with Gasteiger partial charge in [0.15, 0.2) is 0 Å². The van der Waals surface area contributed by atoms with Crippen molar-refractivity contribution in [2.75, 3.05) is 0 Å². The Bertz CT molecular complexity index is 688. The first-order chi connectivity index (χ1) is 12.0. The zero-order valence-electron chi connectivity index (χ0n) is 14.0. The Morgan fingerprint density at radius 2 is 1.52 bits per heavy atom. The molecule has 0 spiro atoms. The quantitative estimate of drug-likeness (QED) is 0.789. The van der Waals surface area contributed by atoms with E-state index >= 15 is 0 Å². The van der Waals surface area contributed by atoms with Crippen LogP contribution in [0.2, 0.25) is 0 Å². The predicted molar refractivity (Wildman–Crippen MR) is 87.9 cm³/mol. The van der Waals surface area contributed by atoms with Gasteiger partial charge < -0.3 is 4.90 Å². The van der Waals surface area contributed by atoms with Crippen LogP contribution in [-0.2, 0) is 20.8 Å². The SMILES string of the molecule is O=C1CCC(=O)N1C1CC2CCC(C1)N2C(=O)Cc1ccc(F)cc1. The summed E-state index contributed by atoms with van der Waals surface area (Å²) in [6.45, 7) is 0. The highest BCUT2D eigenvalue weighted by atomic mass is 19.1. The smallest absolute Gasteiger partial charge is 0.229 e. The van der Waals surface area contributed by atoms with E-state index in [0.717, 1.165) is 18.4 Å². The molecule has 3 saturated heterocycles. The predicted octanol–water partition coefficient (Wildman–Crippen LogP) is 2.04. The van der Waals surface area contributed by atoms with Gasteiger partial charge in [-0.2, -0.15) is 0 Å². The number of likely N-dealkylation sites (tertiary alicyclic amines) is 1. The number of fused-ring (bicyclic) bond motifs is 2. The molecule has 2 atom stereocenters. The van der Waals surface area contributed by atoms with Gasteiger partial charge >= 0.3 is 0 Å². The highest BCUT2D eigenvalue weighted by Gasteiger charge is 2.47. The van der Waals surface area contributed by atoms with E-state index in [2.05, 4.69) is 0 Å². The van der Waals surface area contributed by atoms with E-state index in [9.17, 15) is 18.8 Å². The summed E-state index contributed by atoms with van der Waals surface area (Å²) in [6, 6.07) is 6.15. The third kappa shape index (κ3) is 2.94. The Morgan fingerprint density at radius 3 is 2.08 bits per heavy atom. The van der Waals surface area contributed by atoms with Gasteiger partial charge in [0.25, 0.3) is 0 Å². The molecule has 4 rings (SSSR count). The fraction of sp³-hybridized carbons (Fsp3) is 0.526. The molecule has 1 aromatic rings. The van der Waals surface area contributed by atoms with E-state index in [4.69, 9.17) is 0 Å². The number of hydrogen-bond donors (Lipinski definition) is 0. The third-order valence-corrected chi connectivity index (χ3v) is 5.72. The van der Waals surface area contributed by atoms with Crippen LogP contribution >= 0.6 is 0 Å². The number of benzene rings is 1. The largest absolute Gasteiger partial charge is 0.336 e. The lowest BCUT2D eigenvalue weighted by Gasteiger charge is -2.41. The zero-order chi connectivity index (χ0) is 17.6. The average molecular weight is 344 g/mol. The monoisotopic (exact) mass is 344 g/mol.